The molecule has 6 aromatic carbocycles. The van der Waals surface area contributed by atoms with Crippen molar-refractivity contribution in [3.63, 3.8) is 0 Å². The van der Waals surface area contributed by atoms with E-state index in [1.54, 1.807) is 0 Å². The molecule has 0 bridgehead atoms. The van der Waals surface area contributed by atoms with E-state index < -0.39 is 0 Å². The molecule has 2 unspecified atom stereocenters. The van der Waals surface area contributed by atoms with Crippen LogP contribution in [0.5, 0.6) is 0 Å². The summed E-state index contributed by atoms with van der Waals surface area (Å²) in [6.07, 6.45) is 25.9. The maximum absolute atomic E-state index is 2.69. The zero-order valence-electron chi connectivity index (χ0n) is 48.2. The van der Waals surface area contributed by atoms with Crippen molar-refractivity contribution in [2.45, 2.75) is 143 Å². The van der Waals surface area contributed by atoms with Crippen LogP contribution in [0.15, 0.2) is 181 Å². The average molecular weight is 1010 g/mol. The van der Waals surface area contributed by atoms with E-state index >= 15 is 0 Å². The van der Waals surface area contributed by atoms with E-state index in [0.717, 1.165) is 64.7 Å². The van der Waals surface area contributed by atoms with Gasteiger partial charge >= 0.3 is 0 Å². The van der Waals surface area contributed by atoms with Gasteiger partial charge in [0.25, 0.3) is 0 Å². The first kappa shape index (κ1) is 52.9. The van der Waals surface area contributed by atoms with Gasteiger partial charge in [0.15, 0.2) is 11.4 Å². The lowest BCUT2D eigenvalue weighted by Crippen LogP contribution is -2.32. The first-order valence-electron chi connectivity index (χ1n) is 29.1. The monoisotopic (exact) mass is 1010 g/mol. The summed E-state index contributed by atoms with van der Waals surface area (Å²) >= 11 is 0. The number of benzene rings is 6. The first-order chi connectivity index (χ1) is 36.6. The van der Waals surface area contributed by atoms with Crippen LogP contribution < -0.4 is 9.80 Å². The predicted octanol–water partition coefficient (Wildman–Crippen LogP) is 18.1. The first-order valence-corrected chi connectivity index (χ1v) is 29.1. The number of hydrogen-bond donors (Lipinski definition) is 0. The number of allylic oxidation sites excluding steroid dienone is 10. The van der Waals surface area contributed by atoms with E-state index in [1.165, 1.54) is 89.4 Å². The van der Waals surface area contributed by atoms with Crippen molar-refractivity contribution in [1.82, 2.24) is 0 Å². The van der Waals surface area contributed by atoms with Crippen LogP contribution in [0.25, 0.3) is 21.5 Å². The molecule has 0 spiro atoms. The van der Waals surface area contributed by atoms with Gasteiger partial charge in [-0.3, -0.25) is 0 Å². The van der Waals surface area contributed by atoms with Crippen LogP contribution in [0.3, 0.4) is 0 Å². The minimum Gasteiger partial charge on any atom is -0.344 e. The molecule has 0 N–H and O–H groups in total. The molecule has 0 saturated carbocycles. The Bertz CT molecular complexity index is 3170. The third-order valence-corrected chi connectivity index (χ3v) is 17.8. The van der Waals surface area contributed by atoms with E-state index in [1.807, 2.05) is 0 Å². The molecule has 10 rings (SSSR count). The van der Waals surface area contributed by atoms with Crippen LogP contribution in [-0.2, 0) is 21.7 Å². The molecule has 4 heteroatoms. The Hall–Kier alpha value is -6.52. The Balaban J connectivity index is 1.07. The van der Waals surface area contributed by atoms with Gasteiger partial charge < -0.3 is 9.80 Å². The number of nitrogens with zero attached hydrogens (tertiary/aromatic N) is 4. The highest BCUT2D eigenvalue weighted by molar-refractivity contribution is 6.09. The molecule has 0 aromatic heterocycles. The van der Waals surface area contributed by atoms with Crippen molar-refractivity contribution in [1.29, 1.82) is 0 Å². The highest BCUT2D eigenvalue weighted by atomic mass is 15.2. The molecule has 0 fully saturated rings. The van der Waals surface area contributed by atoms with Crippen molar-refractivity contribution in [3.8, 4) is 0 Å². The number of anilines is 2. The van der Waals surface area contributed by atoms with Gasteiger partial charge in [0.05, 0.1) is 10.8 Å². The lowest BCUT2D eigenvalue weighted by Gasteiger charge is -2.27. The Morgan fingerprint density at radius 3 is 1.25 bits per heavy atom. The van der Waals surface area contributed by atoms with Gasteiger partial charge in [0.2, 0.25) is 11.4 Å². The third-order valence-electron chi connectivity index (χ3n) is 17.8. The molecule has 2 atom stereocenters. The van der Waals surface area contributed by atoms with Crippen LogP contribution in [-0.4, -0.2) is 46.8 Å². The standard InChI is InChI=1S/C72H86N4/c1-13-47-73-59-33-21-19-31-57(59)69(7,8)63(73)35-25-37-65-71(11,67-55-29-17-15-27-53(55)39-41-61(67)75(65)49-43-51(3)4)45-23-24-46-72(12)66(38-26-36-64-70(9,10)58-32-20-22-34-60(58)74(64)48-14-2)76(50-44-52(5)6)62-42-40-54-28-16-18-30-56(54)68(62)72/h15-42,51-52H,13-14,43-50H2,1-12H3/q+2. The molecule has 6 aromatic rings. The lowest BCUT2D eigenvalue weighted by molar-refractivity contribution is -0.439. The minimum absolute atomic E-state index is 0.0973. The fraction of sp³-hybridized carbons (Fsp3) is 0.389. The summed E-state index contributed by atoms with van der Waals surface area (Å²) in [5, 5.41) is 5.33. The number of rotatable bonds is 18. The van der Waals surface area contributed by atoms with Gasteiger partial charge in [0.1, 0.15) is 13.1 Å². The van der Waals surface area contributed by atoms with Crippen LogP contribution in [0.1, 0.15) is 144 Å². The van der Waals surface area contributed by atoms with Gasteiger partial charge in [-0.2, -0.15) is 9.15 Å². The maximum atomic E-state index is 2.69. The Labute approximate surface area is 457 Å². The van der Waals surface area contributed by atoms with E-state index in [0.29, 0.717) is 11.8 Å². The quantitative estimate of drug-likeness (QED) is 0.0628. The average Bonchev–Trinajstić information content (AvgIpc) is 3.97. The molecule has 76 heavy (non-hydrogen) atoms. The smallest absolute Gasteiger partial charge is 0.210 e. The second-order valence-electron chi connectivity index (χ2n) is 24.8. The molecule has 0 saturated heterocycles. The summed E-state index contributed by atoms with van der Waals surface area (Å²) in [7, 11) is 0. The van der Waals surface area contributed by atoms with Crippen LogP contribution in [0.4, 0.5) is 22.7 Å². The van der Waals surface area contributed by atoms with Crippen LogP contribution in [0.2, 0.25) is 0 Å². The van der Waals surface area contributed by atoms with E-state index in [9.17, 15) is 0 Å². The highest BCUT2D eigenvalue weighted by Crippen LogP contribution is 2.52. The summed E-state index contributed by atoms with van der Waals surface area (Å²) in [5.74, 6) is 1.17. The molecule has 0 radical (unpaired) electrons. The van der Waals surface area contributed by atoms with E-state index in [2.05, 4.69) is 272 Å². The van der Waals surface area contributed by atoms with Crippen molar-refractivity contribution in [3.05, 3.63) is 204 Å². The van der Waals surface area contributed by atoms with E-state index in [-0.39, 0.29) is 21.7 Å². The molecule has 4 aliphatic heterocycles. The molecule has 4 aliphatic rings. The normalized spacial score (nSPS) is 21.7. The molecule has 4 nitrogen and oxygen atoms in total. The van der Waals surface area contributed by atoms with Crippen LogP contribution >= 0.6 is 0 Å². The molecule has 392 valence electrons. The molecule has 0 aliphatic carbocycles. The Kier molecular flexibility index (Phi) is 14.7. The van der Waals surface area contributed by atoms with Crippen molar-refractivity contribution in [2.75, 3.05) is 36.0 Å². The second-order valence-corrected chi connectivity index (χ2v) is 24.8. The maximum Gasteiger partial charge on any atom is 0.210 e. The summed E-state index contributed by atoms with van der Waals surface area (Å²) in [6.45, 7) is 32.7. The molecule has 4 heterocycles. The molecule has 0 amide bonds. The van der Waals surface area contributed by atoms with E-state index in [4.69, 9.17) is 0 Å². The molecular weight excluding hydrogens is 921 g/mol. The summed E-state index contributed by atoms with van der Waals surface area (Å²) in [4.78, 5) is 5.14. The van der Waals surface area contributed by atoms with Crippen molar-refractivity contribution < 1.29 is 9.15 Å². The van der Waals surface area contributed by atoms with Gasteiger partial charge in [-0.05, 0) is 120 Å². The van der Waals surface area contributed by atoms with Gasteiger partial charge in [-0.25, -0.2) is 0 Å². The summed E-state index contributed by atoms with van der Waals surface area (Å²) in [5.41, 5.74) is 15.9. The van der Waals surface area contributed by atoms with Gasteiger partial charge in [-0.15, -0.1) is 0 Å². The van der Waals surface area contributed by atoms with Gasteiger partial charge in [0, 0.05) is 94.9 Å². The minimum atomic E-state index is -0.283. The largest absolute Gasteiger partial charge is 0.344 e. The zero-order chi connectivity index (χ0) is 53.6. The Morgan fingerprint density at radius 1 is 0.474 bits per heavy atom. The highest BCUT2D eigenvalue weighted by Gasteiger charge is 2.50. The number of para-hydroxylation sites is 2. The van der Waals surface area contributed by atoms with Crippen molar-refractivity contribution >= 4 is 55.7 Å². The number of hydrogen-bond acceptors (Lipinski definition) is 2. The fourth-order valence-electron chi connectivity index (χ4n) is 13.8. The topological polar surface area (TPSA) is 12.5 Å². The Morgan fingerprint density at radius 2 is 0.855 bits per heavy atom. The SMILES string of the molecule is CCCN1/C(=C/C=C/C2=[N+](CCC(C)C)c3ccc4ccccc4c3C2(C)CC=CCC2(C)C(/C=C/C=C3/N(CCC)c4ccccc4C3(C)C)=[N+](CCC(C)C)c3ccc4ccccc4c32)C(C)(C)c2ccccc21. The van der Waals surface area contributed by atoms with Crippen LogP contribution in [0, 0.1) is 11.8 Å². The zero-order valence-corrected chi connectivity index (χ0v) is 48.2. The summed E-state index contributed by atoms with van der Waals surface area (Å²) < 4.78 is 5.38. The lowest BCUT2D eigenvalue weighted by atomic mass is 9.73. The summed E-state index contributed by atoms with van der Waals surface area (Å²) in [6, 6.07) is 45.8. The number of fused-ring (bicyclic) bond motifs is 8. The van der Waals surface area contributed by atoms with Crippen molar-refractivity contribution in [2.24, 2.45) is 11.8 Å². The predicted molar refractivity (Wildman–Crippen MR) is 328 cm³/mol. The van der Waals surface area contributed by atoms with Gasteiger partial charge in [-0.1, -0.05) is 178 Å². The third kappa shape index (κ3) is 9.16. The molecular formula is C72H86N4+2. The fourth-order valence-corrected chi connectivity index (χ4v) is 13.8. The second kappa shape index (κ2) is 21.1.